The maximum absolute atomic E-state index is 11.9. The first-order chi connectivity index (χ1) is 18.8. The van der Waals surface area contributed by atoms with Gasteiger partial charge in [-0.3, -0.25) is 19.6 Å². The Labute approximate surface area is 232 Å². The average molecular weight is 549 g/mol. The number of aromatic amines is 1. The van der Waals surface area contributed by atoms with Gasteiger partial charge in [0.05, 0.1) is 40.7 Å². The molecule has 4 aromatic heterocycles. The quantitative estimate of drug-likeness (QED) is 0.362. The summed E-state index contributed by atoms with van der Waals surface area (Å²) >= 11 is 1.78. The number of aryl methyl sites for hydroxylation is 1. The van der Waals surface area contributed by atoms with E-state index in [9.17, 15) is 4.79 Å². The largest absolute Gasteiger partial charge is 0.378 e. The van der Waals surface area contributed by atoms with Gasteiger partial charge >= 0.3 is 0 Å². The van der Waals surface area contributed by atoms with Gasteiger partial charge in [-0.25, -0.2) is 9.97 Å². The van der Waals surface area contributed by atoms with E-state index in [1.54, 1.807) is 11.3 Å². The van der Waals surface area contributed by atoms with Crippen LogP contribution in [-0.4, -0.2) is 93.7 Å². The number of nitrogens with zero attached hydrogens (tertiary/aromatic N) is 6. The van der Waals surface area contributed by atoms with Crippen LogP contribution < -0.4 is 10.6 Å². The van der Waals surface area contributed by atoms with Crippen LogP contribution in [0.3, 0.4) is 0 Å². The fraction of sp³-hybridized carbons (Fsp3) is 0.500. The molecule has 206 valence electrons. The summed E-state index contributed by atoms with van der Waals surface area (Å²) in [5, 5.41) is 1.10. The Hall–Kier alpha value is -3.12. The van der Waals surface area contributed by atoms with E-state index in [1.165, 1.54) is 10.6 Å². The van der Waals surface area contributed by atoms with E-state index < -0.39 is 5.54 Å². The molecule has 2 fully saturated rings. The second kappa shape index (κ2) is 10.5. The number of hydrogen-bond acceptors (Lipinski definition) is 9. The molecule has 4 aromatic rings. The standard InChI is InChI=1S/C28H36N8O2S/c1-4-18-13-20-21(15-30-16-23(20)31-18)25-32-22-14-19(39-24(22)26(33-25)35-9-11-38-12-10-35)17-34-5-7-36(8-6-34)28(2,3)27(29)37/h13-16,31H,4-12,17H2,1-3H3,(H2,29,37). The molecule has 11 heteroatoms. The third kappa shape index (κ3) is 5.00. The zero-order valence-electron chi connectivity index (χ0n) is 22.9. The predicted octanol–water partition coefficient (Wildman–Crippen LogP) is 3.02. The molecule has 3 N–H and O–H groups in total. The van der Waals surface area contributed by atoms with Gasteiger partial charge in [0.1, 0.15) is 0 Å². The Bertz CT molecular complexity index is 1500. The summed E-state index contributed by atoms with van der Waals surface area (Å²) in [5.41, 5.74) is 9.11. The molecular formula is C28H36N8O2S. The number of nitrogens with one attached hydrogen (secondary N) is 1. The van der Waals surface area contributed by atoms with Crippen molar-refractivity contribution in [3.63, 3.8) is 0 Å². The number of nitrogens with two attached hydrogens (primary N) is 1. The number of carbonyl (C=O) groups excluding carboxylic acids is 1. The number of primary amides is 1. The molecule has 6 heterocycles. The van der Waals surface area contributed by atoms with Gasteiger partial charge in [-0.2, -0.15) is 0 Å². The fourth-order valence-corrected chi connectivity index (χ4v) is 6.63. The Morgan fingerprint density at radius 3 is 2.59 bits per heavy atom. The molecule has 6 rings (SSSR count). The Balaban J connectivity index is 1.33. The van der Waals surface area contributed by atoms with Crippen LogP contribution in [0.5, 0.6) is 0 Å². The first-order valence-electron chi connectivity index (χ1n) is 13.7. The van der Waals surface area contributed by atoms with Gasteiger partial charge in [-0.05, 0) is 32.4 Å². The number of anilines is 1. The van der Waals surface area contributed by atoms with Crippen LogP contribution >= 0.6 is 11.3 Å². The number of aromatic nitrogens is 4. The third-order valence-corrected chi connectivity index (χ3v) is 9.19. The van der Waals surface area contributed by atoms with Crippen molar-refractivity contribution in [2.24, 2.45) is 5.73 Å². The SMILES string of the molecule is CCc1cc2c(-c3nc(N4CCOCC4)c4sc(CN5CCN(C(C)(C)C(N)=O)CC5)cc4n3)cncc2[nH]1. The summed E-state index contributed by atoms with van der Waals surface area (Å²) in [7, 11) is 0. The maximum atomic E-state index is 11.9. The van der Waals surface area contributed by atoms with Crippen molar-refractivity contribution in [2.45, 2.75) is 39.3 Å². The highest BCUT2D eigenvalue weighted by Crippen LogP contribution is 2.36. The maximum Gasteiger partial charge on any atom is 0.237 e. The van der Waals surface area contributed by atoms with Crippen molar-refractivity contribution in [1.29, 1.82) is 0 Å². The molecule has 0 aromatic carbocycles. The summed E-state index contributed by atoms with van der Waals surface area (Å²) in [6, 6.07) is 4.41. The smallest absolute Gasteiger partial charge is 0.237 e. The summed E-state index contributed by atoms with van der Waals surface area (Å²) in [6.45, 7) is 13.2. The summed E-state index contributed by atoms with van der Waals surface area (Å²) in [5.74, 6) is 1.41. The first kappa shape index (κ1) is 26.1. The van der Waals surface area contributed by atoms with Crippen molar-refractivity contribution in [1.82, 2.24) is 29.7 Å². The van der Waals surface area contributed by atoms with E-state index in [0.717, 1.165) is 84.7 Å². The van der Waals surface area contributed by atoms with Crippen molar-refractivity contribution in [3.8, 4) is 11.4 Å². The van der Waals surface area contributed by atoms with Crippen LogP contribution in [0.4, 0.5) is 5.82 Å². The van der Waals surface area contributed by atoms with Gasteiger partial charge in [0, 0.05) is 73.5 Å². The van der Waals surface area contributed by atoms with E-state index >= 15 is 0 Å². The molecule has 0 unspecified atom stereocenters. The van der Waals surface area contributed by atoms with Crippen LogP contribution in [0.2, 0.25) is 0 Å². The van der Waals surface area contributed by atoms with E-state index in [-0.39, 0.29) is 5.91 Å². The van der Waals surface area contributed by atoms with E-state index in [4.69, 9.17) is 20.4 Å². The molecule has 0 atom stereocenters. The van der Waals surface area contributed by atoms with Gasteiger partial charge in [0.15, 0.2) is 11.6 Å². The highest BCUT2D eigenvalue weighted by atomic mass is 32.1. The third-order valence-electron chi connectivity index (χ3n) is 8.08. The average Bonchev–Trinajstić information content (AvgIpc) is 3.56. The van der Waals surface area contributed by atoms with Crippen LogP contribution in [0.25, 0.3) is 32.5 Å². The van der Waals surface area contributed by atoms with Crippen LogP contribution in [0.15, 0.2) is 24.5 Å². The lowest BCUT2D eigenvalue weighted by atomic mass is 10.0. The van der Waals surface area contributed by atoms with E-state index in [1.807, 2.05) is 26.2 Å². The van der Waals surface area contributed by atoms with Crippen molar-refractivity contribution < 1.29 is 9.53 Å². The zero-order chi connectivity index (χ0) is 27.1. The molecule has 10 nitrogen and oxygen atoms in total. The zero-order valence-corrected chi connectivity index (χ0v) is 23.7. The van der Waals surface area contributed by atoms with Crippen LogP contribution in [0, 0.1) is 0 Å². The number of carbonyl (C=O) groups is 1. The van der Waals surface area contributed by atoms with E-state index in [2.05, 4.69) is 43.7 Å². The molecule has 2 saturated heterocycles. The van der Waals surface area contributed by atoms with Crippen LogP contribution in [0.1, 0.15) is 31.3 Å². The van der Waals surface area contributed by atoms with Gasteiger partial charge in [0.25, 0.3) is 0 Å². The lowest BCUT2D eigenvalue weighted by Gasteiger charge is -2.42. The monoisotopic (exact) mass is 548 g/mol. The molecule has 2 aliphatic heterocycles. The number of rotatable bonds is 7. The number of morpholine rings is 1. The molecule has 0 bridgehead atoms. The Morgan fingerprint density at radius 2 is 1.87 bits per heavy atom. The second-order valence-electron chi connectivity index (χ2n) is 10.9. The molecular weight excluding hydrogens is 512 g/mol. The molecule has 1 amide bonds. The van der Waals surface area contributed by atoms with Crippen molar-refractivity contribution in [3.05, 3.63) is 35.1 Å². The minimum Gasteiger partial charge on any atom is -0.378 e. The molecule has 2 aliphatic rings. The minimum absolute atomic E-state index is 0.276. The van der Waals surface area contributed by atoms with Gasteiger partial charge in [-0.1, -0.05) is 6.92 Å². The number of H-pyrrole nitrogens is 1. The number of fused-ring (bicyclic) bond motifs is 2. The lowest BCUT2D eigenvalue weighted by Crippen LogP contribution is -2.59. The number of pyridine rings is 1. The molecule has 0 saturated carbocycles. The highest BCUT2D eigenvalue weighted by molar-refractivity contribution is 7.19. The van der Waals surface area contributed by atoms with Gasteiger partial charge in [0.2, 0.25) is 5.91 Å². The lowest BCUT2D eigenvalue weighted by molar-refractivity contribution is -0.129. The fourth-order valence-electron chi connectivity index (χ4n) is 5.47. The Morgan fingerprint density at radius 1 is 1.10 bits per heavy atom. The Kier molecular flexibility index (Phi) is 7.00. The predicted molar refractivity (Wildman–Crippen MR) is 155 cm³/mol. The summed E-state index contributed by atoms with van der Waals surface area (Å²) < 4.78 is 6.76. The molecule has 39 heavy (non-hydrogen) atoms. The van der Waals surface area contributed by atoms with Crippen molar-refractivity contribution >= 4 is 44.2 Å². The number of amides is 1. The summed E-state index contributed by atoms with van der Waals surface area (Å²) in [6.07, 6.45) is 4.67. The molecule has 0 radical (unpaired) electrons. The molecule has 0 aliphatic carbocycles. The van der Waals surface area contributed by atoms with Gasteiger partial charge < -0.3 is 20.4 Å². The minimum atomic E-state index is -0.627. The number of ether oxygens (including phenoxy) is 1. The first-order valence-corrected chi connectivity index (χ1v) is 14.5. The van der Waals surface area contributed by atoms with Crippen molar-refractivity contribution in [2.75, 3.05) is 57.4 Å². The normalized spacial score (nSPS) is 17.9. The second-order valence-corrected chi connectivity index (χ2v) is 12.0. The number of piperazine rings is 1. The number of thiophene rings is 1. The van der Waals surface area contributed by atoms with Gasteiger partial charge in [-0.15, -0.1) is 11.3 Å². The van der Waals surface area contributed by atoms with E-state index in [0.29, 0.717) is 19.0 Å². The highest BCUT2D eigenvalue weighted by Gasteiger charge is 2.34. The van der Waals surface area contributed by atoms with Crippen LogP contribution in [-0.2, 0) is 22.5 Å². The topological polar surface area (TPSA) is 116 Å². The summed E-state index contributed by atoms with van der Waals surface area (Å²) in [4.78, 5) is 38.3. The number of hydrogen-bond donors (Lipinski definition) is 2. The molecule has 0 spiro atoms.